The predicted molar refractivity (Wildman–Crippen MR) is 142 cm³/mol. The largest absolute Gasteiger partial charge is 0.396 e. The Labute approximate surface area is 208 Å². The van der Waals surface area contributed by atoms with Crippen molar-refractivity contribution in [2.24, 2.45) is 39.9 Å². The zero-order valence-electron chi connectivity index (χ0n) is 22.7. The fourth-order valence-electron chi connectivity index (χ4n) is 8.01. The summed E-state index contributed by atoms with van der Waals surface area (Å²) in [5.74, 6) is 0.944. The summed E-state index contributed by atoms with van der Waals surface area (Å²) < 4.78 is 0. The SMILES string of the molecule is C=C(CCC(CO)C1C(O)CC2(C)C3=CCC(C(=C)C)C(C)(CCCO)C3=CCC12C)C(C)C. The van der Waals surface area contributed by atoms with E-state index in [4.69, 9.17) is 0 Å². The van der Waals surface area contributed by atoms with Crippen molar-refractivity contribution in [3.63, 3.8) is 0 Å². The highest BCUT2D eigenvalue weighted by atomic mass is 16.3. The lowest BCUT2D eigenvalue weighted by Crippen LogP contribution is -2.48. The zero-order valence-corrected chi connectivity index (χ0v) is 22.7. The van der Waals surface area contributed by atoms with E-state index in [0.29, 0.717) is 11.8 Å². The van der Waals surface area contributed by atoms with E-state index in [9.17, 15) is 15.3 Å². The Morgan fingerprint density at radius 2 is 1.79 bits per heavy atom. The molecule has 7 atom stereocenters. The van der Waals surface area contributed by atoms with E-state index >= 15 is 0 Å². The molecular formula is C31H50O3. The van der Waals surface area contributed by atoms with Crippen molar-refractivity contribution in [3.05, 3.63) is 47.6 Å². The molecule has 192 valence electrons. The number of hydrogen-bond acceptors (Lipinski definition) is 3. The highest BCUT2D eigenvalue weighted by molar-refractivity contribution is 5.50. The van der Waals surface area contributed by atoms with Crippen LogP contribution in [0.25, 0.3) is 0 Å². The molecule has 3 heteroatoms. The summed E-state index contributed by atoms with van der Waals surface area (Å²) in [6.07, 6.45) is 10.6. The maximum atomic E-state index is 11.5. The van der Waals surface area contributed by atoms with Crippen LogP contribution in [0.15, 0.2) is 47.6 Å². The molecule has 0 bridgehead atoms. The number of hydrogen-bond donors (Lipinski definition) is 3. The molecule has 3 aliphatic rings. The highest BCUT2D eigenvalue weighted by Crippen LogP contribution is 2.70. The number of allylic oxidation sites excluding steroid dienone is 6. The monoisotopic (exact) mass is 470 g/mol. The summed E-state index contributed by atoms with van der Waals surface area (Å²) in [5.41, 5.74) is 4.98. The standard InChI is InChI=1S/C31H50O3/c1-20(2)22(5)10-11-23(19-33)28-27(34)18-31(8)26-13-12-24(21(3)4)29(6,15-9-17-32)25(26)14-16-30(28,31)7/h13-14,20,23-24,27-28,32-34H,3,5,9-12,15-19H2,1-2,4,6-8H3. The summed E-state index contributed by atoms with van der Waals surface area (Å²) in [5, 5.41) is 31.6. The Kier molecular flexibility index (Phi) is 8.12. The molecule has 3 aliphatic carbocycles. The van der Waals surface area contributed by atoms with Gasteiger partial charge in [0, 0.05) is 18.6 Å². The normalized spacial score (nSPS) is 38.1. The molecule has 0 aromatic carbocycles. The first-order chi connectivity index (χ1) is 15.9. The van der Waals surface area contributed by atoms with Gasteiger partial charge in [0.2, 0.25) is 0 Å². The van der Waals surface area contributed by atoms with Crippen LogP contribution in [0.2, 0.25) is 0 Å². The highest BCUT2D eigenvalue weighted by Gasteiger charge is 2.64. The van der Waals surface area contributed by atoms with Crippen molar-refractivity contribution in [1.29, 1.82) is 0 Å². The molecule has 0 aliphatic heterocycles. The van der Waals surface area contributed by atoms with Gasteiger partial charge < -0.3 is 15.3 Å². The lowest BCUT2D eigenvalue weighted by Gasteiger charge is -2.56. The number of fused-ring (bicyclic) bond motifs is 3. The molecule has 0 amide bonds. The Hall–Kier alpha value is -1.16. The molecule has 3 N–H and O–H groups in total. The third-order valence-corrected chi connectivity index (χ3v) is 10.4. The second-order valence-electron chi connectivity index (χ2n) is 12.7. The number of aliphatic hydroxyl groups excluding tert-OH is 3. The molecule has 0 spiro atoms. The Bertz CT molecular complexity index is 851. The van der Waals surface area contributed by atoms with Gasteiger partial charge in [0.05, 0.1) is 6.10 Å². The number of rotatable bonds is 10. The topological polar surface area (TPSA) is 60.7 Å². The Morgan fingerprint density at radius 1 is 1.12 bits per heavy atom. The average molecular weight is 471 g/mol. The van der Waals surface area contributed by atoms with Crippen molar-refractivity contribution >= 4 is 0 Å². The van der Waals surface area contributed by atoms with Crippen LogP contribution in [0.5, 0.6) is 0 Å². The van der Waals surface area contributed by atoms with Gasteiger partial charge in [-0.2, -0.15) is 0 Å². The van der Waals surface area contributed by atoms with Gasteiger partial charge in [-0.3, -0.25) is 0 Å². The second kappa shape index (κ2) is 10.1. The molecule has 1 saturated carbocycles. The van der Waals surface area contributed by atoms with Crippen molar-refractivity contribution < 1.29 is 15.3 Å². The van der Waals surface area contributed by atoms with E-state index in [2.05, 4.69) is 66.9 Å². The summed E-state index contributed by atoms with van der Waals surface area (Å²) in [4.78, 5) is 0. The molecule has 0 saturated heterocycles. The smallest absolute Gasteiger partial charge is 0.0586 e. The number of aliphatic hydroxyl groups is 3. The van der Waals surface area contributed by atoms with Crippen LogP contribution in [0, 0.1) is 39.9 Å². The van der Waals surface area contributed by atoms with Crippen LogP contribution in [-0.2, 0) is 0 Å². The molecular weight excluding hydrogens is 420 g/mol. The van der Waals surface area contributed by atoms with E-state index in [-0.39, 0.29) is 41.3 Å². The van der Waals surface area contributed by atoms with Gasteiger partial charge in [-0.25, -0.2) is 0 Å². The molecule has 0 radical (unpaired) electrons. The van der Waals surface area contributed by atoms with Crippen LogP contribution in [0.3, 0.4) is 0 Å². The van der Waals surface area contributed by atoms with Crippen molar-refractivity contribution in [2.75, 3.05) is 13.2 Å². The first kappa shape index (κ1) is 27.4. The van der Waals surface area contributed by atoms with Gasteiger partial charge in [0.15, 0.2) is 0 Å². The van der Waals surface area contributed by atoms with E-state index < -0.39 is 6.10 Å². The molecule has 0 aromatic rings. The van der Waals surface area contributed by atoms with Gasteiger partial charge in [-0.15, -0.1) is 0 Å². The van der Waals surface area contributed by atoms with Crippen LogP contribution in [0.4, 0.5) is 0 Å². The van der Waals surface area contributed by atoms with Gasteiger partial charge in [0.25, 0.3) is 0 Å². The van der Waals surface area contributed by atoms with Gasteiger partial charge >= 0.3 is 0 Å². The molecule has 3 rings (SSSR count). The molecule has 7 unspecified atom stereocenters. The van der Waals surface area contributed by atoms with E-state index in [1.165, 1.54) is 22.3 Å². The molecule has 1 fully saturated rings. The molecule has 0 heterocycles. The first-order valence-electron chi connectivity index (χ1n) is 13.5. The average Bonchev–Trinajstić information content (AvgIpc) is 2.98. The van der Waals surface area contributed by atoms with Crippen molar-refractivity contribution in [2.45, 2.75) is 92.6 Å². The lowest BCUT2D eigenvalue weighted by molar-refractivity contribution is -0.00544. The second-order valence-corrected chi connectivity index (χ2v) is 12.7. The van der Waals surface area contributed by atoms with Crippen LogP contribution < -0.4 is 0 Å². The van der Waals surface area contributed by atoms with Crippen molar-refractivity contribution in [3.8, 4) is 0 Å². The van der Waals surface area contributed by atoms with E-state index in [1.807, 2.05) is 0 Å². The van der Waals surface area contributed by atoms with E-state index in [1.54, 1.807) is 0 Å². The van der Waals surface area contributed by atoms with Crippen molar-refractivity contribution in [1.82, 2.24) is 0 Å². The van der Waals surface area contributed by atoms with Gasteiger partial charge in [0.1, 0.15) is 0 Å². The summed E-state index contributed by atoms with van der Waals surface area (Å²) in [6.45, 7) is 22.5. The maximum Gasteiger partial charge on any atom is 0.0586 e. The first-order valence-corrected chi connectivity index (χ1v) is 13.5. The Morgan fingerprint density at radius 3 is 2.35 bits per heavy atom. The third kappa shape index (κ3) is 4.31. The maximum absolute atomic E-state index is 11.5. The summed E-state index contributed by atoms with van der Waals surface area (Å²) in [6, 6.07) is 0. The minimum absolute atomic E-state index is 0.0442. The third-order valence-electron chi connectivity index (χ3n) is 10.4. The summed E-state index contributed by atoms with van der Waals surface area (Å²) in [7, 11) is 0. The van der Waals surface area contributed by atoms with Crippen LogP contribution in [0.1, 0.15) is 86.5 Å². The predicted octanol–water partition coefficient (Wildman–Crippen LogP) is 6.61. The van der Waals surface area contributed by atoms with Crippen LogP contribution >= 0.6 is 0 Å². The zero-order chi connectivity index (χ0) is 25.5. The summed E-state index contributed by atoms with van der Waals surface area (Å²) >= 11 is 0. The molecule has 0 aromatic heterocycles. The molecule has 34 heavy (non-hydrogen) atoms. The fraction of sp³-hybridized carbons (Fsp3) is 0.742. The van der Waals surface area contributed by atoms with Gasteiger partial charge in [-0.05, 0) is 97.5 Å². The minimum Gasteiger partial charge on any atom is -0.396 e. The quantitative estimate of drug-likeness (QED) is 0.315. The lowest BCUT2D eigenvalue weighted by atomic mass is 9.48. The fourth-order valence-corrected chi connectivity index (χ4v) is 8.01. The van der Waals surface area contributed by atoms with Gasteiger partial charge in [-0.1, -0.05) is 71.1 Å². The Balaban J connectivity index is 2.00. The minimum atomic E-state index is -0.421. The van der Waals surface area contributed by atoms with E-state index in [0.717, 1.165) is 44.9 Å². The molecule has 3 nitrogen and oxygen atoms in total. The van der Waals surface area contributed by atoms with Crippen LogP contribution in [-0.4, -0.2) is 34.6 Å².